The van der Waals surface area contributed by atoms with Crippen LogP contribution in [0.15, 0.2) is 24.3 Å². The summed E-state index contributed by atoms with van der Waals surface area (Å²) in [5, 5.41) is 11.7. The smallest absolute Gasteiger partial charge is 0.303 e. The Bertz CT molecular complexity index is 418. The number of carboxylic acid groups (broad SMARTS) is 1. The molecule has 0 heterocycles. The highest BCUT2D eigenvalue weighted by Crippen LogP contribution is 2.15. The lowest BCUT2D eigenvalue weighted by Crippen LogP contribution is -2.18. The van der Waals surface area contributed by atoms with Crippen LogP contribution in [-0.2, 0) is 4.79 Å². The molecule has 0 aliphatic carbocycles. The van der Waals surface area contributed by atoms with Gasteiger partial charge in [-0.25, -0.2) is 0 Å². The van der Waals surface area contributed by atoms with Crippen LogP contribution in [0.4, 0.5) is 5.69 Å². The Morgan fingerprint density at radius 2 is 2.06 bits per heavy atom. The number of aliphatic carboxylic acids is 1. The molecule has 0 spiro atoms. The minimum absolute atomic E-state index is 0.0200. The Morgan fingerprint density at radius 3 is 2.65 bits per heavy atom. The molecule has 17 heavy (non-hydrogen) atoms. The molecule has 1 rings (SSSR count). The van der Waals surface area contributed by atoms with Crippen LogP contribution in [-0.4, -0.2) is 23.5 Å². The third kappa shape index (κ3) is 4.14. The first-order valence-corrected chi connectivity index (χ1v) is 5.35. The Hall–Kier alpha value is -2.04. The summed E-state index contributed by atoms with van der Waals surface area (Å²) in [5.74, 6) is -1.35. The van der Waals surface area contributed by atoms with E-state index in [0.29, 0.717) is 17.8 Å². The number of hydrogen-bond acceptors (Lipinski definition) is 3. The van der Waals surface area contributed by atoms with Crippen LogP contribution in [0.3, 0.4) is 0 Å². The van der Waals surface area contributed by atoms with E-state index >= 15 is 0 Å². The predicted molar refractivity (Wildman–Crippen MR) is 64.9 cm³/mol. The molecule has 0 saturated heterocycles. The van der Waals surface area contributed by atoms with Gasteiger partial charge in [0.15, 0.2) is 0 Å². The van der Waals surface area contributed by atoms with Crippen LogP contribution in [0.5, 0.6) is 0 Å². The Morgan fingerprint density at radius 1 is 1.41 bits per heavy atom. The highest BCUT2D eigenvalue weighted by Gasteiger charge is 2.10. The third-order valence-corrected chi connectivity index (χ3v) is 2.36. The molecular formula is C12H16N2O3. The predicted octanol–water partition coefficient (Wildman–Crippen LogP) is 1.31. The molecule has 4 N–H and O–H groups in total. The number of benzene rings is 1. The maximum atomic E-state index is 11.1. The molecule has 0 saturated carbocycles. The van der Waals surface area contributed by atoms with E-state index in [4.69, 9.17) is 10.8 Å². The number of carbonyl (C=O) groups is 2. The number of hydrogen-bond donors (Lipinski definition) is 3. The van der Waals surface area contributed by atoms with Crippen LogP contribution in [0, 0.1) is 5.92 Å². The molecule has 0 aliphatic rings. The summed E-state index contributed by atoms with van der Waals surface area (Å²) in [5.41, 5.74) is 6.28. The molecule has 92 valence electrons. The number of nitrogens with one attached hydrogen (secondary N) is 1. The molecular weight excluding hydrogens is 220 g/mol. The van der Waals surface area contributed by atoms with E-state index < -0.39 is 11.9 Å². The van der Waals surface area contributed by atoms with Gasteiger partial charge in [-0.15, -0.1) is 0 Å². The first kappa shape index (κ1) is 13.0. The molecule has 1 unspecified atom stereocenters. The third-order valence-electron chi connectivity index (χ3n) is 2.36. The molecule has 0 bridgehead atoms. The zero-order valence-electron chi connectivity index (χ0n) is 9.64. The van der Waals surface area contributed by atoms with Crippen molar-refractivity contribution in [1.29, 1.82) is 0 Å². The van der Waals surface area contributed by atoms with Crippen molar-refractivity contribution in [1.82, 2.24) is 0 Å². The van der Waals surface area contributed by atoms with Crippen LogP contribution in [0.1, 0.15) is 23.7 Å². The SMILES string of the molecule is CC(CNc1ccccc1C(N)=O)CC(=O)O. The van der Waals surface area contributed by atoms with E-state index in [0.717, 1.165) is 0 Å². The van der Waals surface area contributed by atoms with Crippen LogP contribution in [0.25, 0.3) is 0 Å². The summed E-state index contributed by atoms with van der Waals surface area (Å²) in [6.45, 7) is 2.31. The largest absolute Gasteiger partial charge is 0.481 e. The topological polar surface area (TPSA) is 92.4 Å². The number of anilines is 1. The van der Waals surface area contributed by atoms with Crippen molar-refractivity contribution in [2.45, 2.75) is 13.3 Å². The van der Waals surface area contributed by atoms with Gasteiger partial charge in [0.1, 0.15) is 0 Å². The number of amides is 1. The fourth-order valence-electron chi connectivity index (χ4n) is 1.51. The lowest BCUT2D eigenvalue weighted by molar-refractivity contribution is -0.137. The number of carbonyl (C=O) groups excluding carboxylic acids is 1. The quantitative estimate of drug-likeness (QED) is 0.694. The molecule has 0 radical (unpaired) electrons. The van der Waals surface area contributed by atoms with Crippen LogP contribution < -0.4 is 11.1 Å². The second-order valence-electron chi connectivity index (χ2n) is 3.99. The average molecular weight is 236 g/mol. The number of primary amides is 1. The molecule has 0 fully saturated rings. The number of rotatable bonds is 6. The molecule has 1 aromatic rings. The van der Waals surface area contributed by atoms with Crippen molar-refractivity contribution in [3.63, 3.8) is 0 Å². The maximum Gasteiger partial charge on any atom is 0.303 e. The van der Waals surface area contributed by atoms with Crippen LogP contribution >= 0.6 is 0 Å². The second kappa shape index (κ2) is 5.89. The summed E-state index contributed by atoms with van der Waals surface area (Å²) in [6, 6.07) is 6.89. The van der Waals surface area contributed by atoms with Crippen molar-refractivity contribution in [2.75, 3.05) is 11.9 Å². The second-order valence-corrected chi connectivity index (χ2v) is 3.99. The average Bonchev–Trinajstić information content (AvgIpc) is 2.25. The molecule has 0 aromatic heterocycles. The normalized spacial score (nSPS) is 11.8. The molecule has 5 heteroatoms. The summed E-state index contributed by atoms with van der Waals surface area (Å²) >= 11 is 0. The van der Waals surface area contributed by atoms with Crippen LogP contribution in [0.2, 0.25) is 0 Å². The van der Waals surface area contributed by atoms with Gasteiger partial charge in [-0.1, -0.05) is 19.1 Å². The molecule has 1 aromatic carbocycles. The van der Waals surface area contributed by atoms with Gasteiger partial charge in [0, 0.05) is 18.7 Å². The Kier molecular flexibility index (Phi) is 4.51. The lowest BCUT2D eigenvalue weighted by atomic mass is 10.1. The Balaban J connectivity index is 2.63. The molecule has 1 amide bonds. The summed E-state index contributed by atoms with van der Waals surface area (Å²) in [7, 11) is 0. The van der Waals surface area contributed by atoms with Gasteiger partial charge in [0.25, 0.3) is 5.91 Å². The van der Waals surface area contributed by atoms with Crippen molar-refractivity contribution < 1.29 is 14.7 Å². The van der Waals surface area contributed by atoms with Crippen molar-refractivity contribution in [2.24, 2.45) is 11.7 Å². The molecule has 0 aliphatic heterocycles. The van der Waals surface area contributed by atoms with Gasteiger partial charge >= 0.3 is 5.97 Å². The minimum Gasteiger partial charge on any atom is -0.481 e. The van der Waals surface area contributed by atoms with E-state index in [9.17, 15) is 9.59 Å². The summed E-state index contributed by atoms with van der Waals surface area (Å²) in [6.07, 6.45) is 0.0890. The van der Waals surface area contributed by atoms with E-state index in [2.05, 4.69) is 5.32 Å². The zero-order valence-corrected chi connectivity index (χ0v) is 9.64. The van der Waals surface area contributed by atoms with Gasteiger partial charge in [-0.2, -0.15) is 0 Å². The molecule has 5 nitrogen and oxygen atoms in total. The van der Waals surface area contributed by atoms with Gasteiger partial charge < -0.3 is 16.2 Å². The zero-order chi connectivity index (χ0) is 12.8. The van der Waals surface area contributed by atoms with Gasteiger partial charge in [0.2, 0.25) is 0 Å². The van der Waals surface area contributed by atoms with Crippen molar-refractivity contribution >= 4 is 17.6 Å². The first-order valence-electron chi connectivity index (χ1n) is 5.35. The van der Waals surface area contributed by atoms with E-state index in [1.54, 1.807) is 24.3 Å². The fourth-order valence-corrected chi connectivity index (χ4v) is 1.51. The monoisotopic (exact) mass is 236 g/mol. The summed E-state index contributed by atoms with van der Waals surface area (Å²) in [4.78, 5) is 21.6. The van der Waals surface area contributed by atoms with Crippen molar-refractivity contribution in [3.05, 3.63) is 29.8 Å². The maximum absolute atomic E-state index is 11.1. The van der Waals surface area contributed by atoms with E-state index in [-0.39, 0.29) is 12.3 Å². The number of para-hydroxylation sites is 1. The highest BCUT2D eigenvalue weighted by atomic mass is 16.4. The lowest BCUT2D eigenvalue weighted by Gasteiger charge is -2.13. The van der Waals surface area contributed by atoms with Gasteiger partial charge in [0.05, 0.1) is 5.56 Å². The van der Waals surface area contributed by atoms with E-state index in [1.807, 2.05) is 6.92 Å². The summed E-state index contributed by atoms with van der Waals surface area (Å²) < 4.78 is 0. The standard InChI is InChI=1S/C12H16N2O3/c1-8(6-11(15)16)7-14-10-5-3-2-4-9(10)12(13)17/h2-5,8,14H,6-7H2,1H3,(H2,13,17)(H,15,16). The number of nitrogens with two attached hydrogens (primary N) is 1. The van der Waals surface area contributed by atoms with E-state index in [1.165, 1.54) is 0 Å². The fraction of sp³-hybridized carbons (Fsp3) is 0.333. The first-order chi connectivity index (χ1) is 8.00. The van der Waals surface area contributed by atoms with Crippen molar-refractivity contribution in [3.8, 4) is 0 Å². The number of carboxylic acids is 1. The Labute approximate surface area is 99.6 Å². The molecule has 1 atom stereocenters. The highest BCUT2D eigenvalue weighted by molar-refractivity contribution is 5.98. The van der Waals surface area contributed by atoms with Gasteiger partial charge in [-0.05, 0) is 18.1 Å². The minimum atomic E-state index is -0.831. The van der Waals surface area contributed by atoms with Gasteiger partial charge in [-0.3, -0.25) is 9.59 Å².